The van der Waals surface area contributed by atoms with Gasteiger partial charge in [-0.3, -0.25) is 4.79 Å². The Hall–Kier alpha value is -1.00. The highest BCUT2D eigenvalue weighted by Crippen LogP contribution is 2.14. The van der Waals surface area contributed by atoms with E-state index in [0.29, 0.717) is 0 Å². The fourth-order valence-electron chi connectivity index (χ4n) is 1.24. The van der Waals surface area contributed by atoms with Crippen LogP contribution in [0.4, 0.5) is 0 Å². The molecule has 1 aromatic carbocycles. The van der Waals surface area contributed by atoms with Gasteiger partial charge < -0.3 is 11.1 Å². The van der Waals surface area contributed by atoms with E-state index in [2.05, 4.69) is 35.8 Å². The van der Waals surface area contributed by atoms with Crippen LogP contribution in [0.2, 0.25) is 0 Å². The van der Waals surface area contributed by atoms with E-state index < -0.39 is 0 Å². The minimum absolute atomic E-state index is 0.253. The molecule has 0 atom stereocenters. The Balaban J connectivity index is 2.28. The molecule has 0 unspecified atom stereocenters. The Morgan fingerprint density at radius 3 is 2.60 bits per heavy atom. The number of amides is 1. The van der Waals surface area contributed by atoms with E-state index in [-0.39, 0.29) is 12.5 Å². The van der Waals surface area contributed by atoms with Gasteiger partial charge in [-0.25, -0.2) is 0 Å². The van der Waals surface area contributed by atoms with Gasteiger partial charge in [0.25, 0.3) is 0 Å². The Labute approximate surface area is 94.4 Å². The van der Waals surface area contributed by atoms with E-state index in [4.69, 9.17) is 5.73 Å². The quantitative estimate of drug-likeness (QED) is 0.560. The lowest BCUT2D eigenvalue weighted by atomic mass is 10.1. The number of benzene rings is 1. The van der Waals surface area contributed by atoms with Gasteiger partial charge in [-0.2, -0.15) is 0 Å². The molecule has 15 heavy (non-hydrogen) atoms. The maximum Gasteiger partial charge on any atom is 0.231 e. The predicted octanol–water partition coefficient (Wildman–Crippen LogP) is 1.03. The maximum atomic E-state index is 10.5. The molecule has 0 saturated carbocycles. The molecule has 1 aromatic rings. The highest BCUT2D eigenvalue weighted by atomic mass is 32.2. The highest BCUT2D eigenvalue weighted by molar-refractivity contribution is 7.98. The lowest BCUT2D eigenvalue weighted by Crippen LogP contribution is -2.29. The van der Waals surface area contributed by atoms with Gasteiger partial charge in [0.15, 0.2) is 0 Å². The molecule has 0 radical (unpaired) electrons. The van der Waals surface area contributed by atoms with Crippen molar-refractivity contribution in [3.05, 3.63) is 29.8 Å². The largest absolute Gasteiger partial charge is 0.369 e. The summed E-state index contributed by atoms with van der Waals surface area (Å²) >= 11 is 1.73. The van der Waals surface area contributed by atoms with E-state index in [1.807, 2.05) is 0 Å². The van der Waals surface area contributed by atoms with Gasteiger partial charge in [0.2, 0.25) is 5.91 Å². The van der Waals surface area contributed by atoms with Gasteiger partial charge in [-0.1, -0.05) is 12.1 Å². The van der Waals surface area contributed by atoms with Crippen LogP contribution in [0.25, 0.3) is 0 Å². The Morgan fingerprint density at radius 1 is 1.40 bits per heavy atom. The molecule has 0 aliphatic heterocycles. The fourth-order valence-corrected chi connectivity index (χ4v) is 1.64. The van der Waals surface area contributed by atoms with E-state index in [1.54, 1.807) is 11.8 Å². The number of nitrogens with two attached hydrogens (primary N) is 1. The minimum Gasteiger partial charge on any atom is -0.369 e. The van der Waals surface area contributed by atoms with Crippen LogP contribution < -0.4 is 11.1 Å². The molecule has 3 nitrogen and oxygen atoms in total. The summed E-state index contributed by atoms with van der Waals surface area (Å²) in [5.74, 6) is -0.312. The molecule has 0 fully saturated rings. The first-order chi connectivity index (χ1) is 7.22. The van der Waals surface area contributed by atoms with Crippen molar-refractivity contribution < 1.29 is 4.79 Å². The summed E-state index contributed by atoms with van der Waals surface area (Å²) in [4.78, 5) is 11.7. The molecule has 0 spiro atoms. The third kappa shape index (κ3) is 4.85. The van der Waals surface area contributed by atoms with E-state index in [9.17, 15) is 4.79 Å². The van der Waals surface area contributed by atoms with Crippen LogP contribution in [-0.4, -0.2) is 25.3 Å². The van der Waals surface area contributed by atoms with Gasteiger partial charge in [0.1, 0.15) is 0 Å². The SMILES string of the molecule is CSc1ccc(CCNCC(N)=O)cc1. The van der Waals surface area contributed by atoms with Gasteiger partial charge >= 0.3 is 0 Å². The molecule has 1 amide bonds. The van der Waals surface area contributed by atoms with Crippen molar-refractivity contribution in [3.8, 4) is 0 Å². The number of hydrogen-bond donors (Lipinski definition) is 2. The number of nitrogens with one attached hydrogen (secondary N) is 1. The molecule has 0 aromatic heterocycles. The average Bonchev–Trinajstić information content (AvgIpc) is 2.25. The molecule has 0 heterocycles. The number of hydrogen-bond acceptors (Lipinski definition) is 3. The zero-order chi connectivity index (χ0) is 11.1. The lowest BCUT2D eigenvalue weighted by Gasteiger charge is -2.03. The van der Waals surface area contributed by atoms with Crippen molar-refractivity contribution in [3.63, 3.8) is 0 Å². The van der Waals surface area contributed by atoms with Gasteiger partial charge in [-0.05, 0) is 36.9 Å². The van der Waals surface area contributed by atoms with Crippen molar-refractivity contribution in [1.29, 1.82) is 0 Å². The summed E-state index contributed by atoms with van der Waals surface area (Å²) < 4.78 is 0. The predicted molar refractivity (Wildman–Crippen MR) is 64.0 cm³/mol. The molecular formula is C11H16N2OS. The Morgan fingerprint density at radius 2 is 2.07 bits per heavy atom. The summed E-state index contributed by atoms with van der Waals surface area (Å²) in [6, 6.07) is 8.43. The molecule has 0 bridgehead atoms. The molecule has 4 heteroatoms. The van der Waals surface area contributed by atoms with Crippen LogP contribution in [0.3, 0.4) is 0 Å². The number of carbonyl (C=O) groups is 1. The number of carbonyl (C=O) groups excluding carboxylic acids is 1. The van der Waals surface area contributed by atoms with Crippen LogP contribution in [0.5, 0.6) is 0 Å². The summed E-state index contributed by atoms with van der Waals surface area (Å²) in [5, 5.41) is 2.98. The zero-order valence-corrected chi connectivity index (χ0v) is 9.64. The zero-order valence-electron chi connectivity index (χ0n) is 8.82. The van der Waals surface area contributed by atoms with Gasteiger partial charge in [0, 0.05) is 4.90 Å². The van der Waals surface area contributed by atoms with Crippen LogP contribution >= 0.6 is 11.8 Å². The maximum absolute atomic E-state index is 10.5. The first-order valence-corrected chi connectivity index (χ1v) is 6.07. The second kappa shape index (κ2) is 6.48. The minimum atomic E-state index is -0.312. The van der Waals surface area contributed by atoms with Crippen LogP contribution in [-0.2, 0) is 11.2 Å². The van der Waals surface area contributed by atoms with Crippen molar-refractivity contribution >= 4 is 17.7 Å². The van der Waals surface area contributed by atoms with Crippen molar-refractivity contribution in [2.45, 2.75) is 11.3 Å². The van der Waals surface area contributed by atoms with Crippen LogP contribution in [0, 0.1) is 0 Å². The van der Waals surface area contributed by atoms with Gasteiger partial charge in [0.05, 0.1) is 6.54 Å². The second-order valence-electron chi connectivity index (χ2n) is 3.24. The highest BCUT2D eigenvalue weighted by Gasteiger charge is 1.95. The molecular weight excluding hydrogens is 208 g/mol. The normalized spacial score (nSPS) is 10.2. The molecule has 82 valence electrons. The summed E-state index contributed by atoms with van der Waals surface area (Å²) in [6.45, 7) is 1.03. The first-order valence-electron chi connectivity index (χ1n) is 4.84. The fraction of sp³-hybridized carbons (Fsp3) is 0.364. The lowest BCUT2D eigenvalue weighted by molar-refractivity contribution is -0.117. The molecule has 3 N–H and O–H groups in total. The van der Waals surface area contributed by atoms with Gasteiger partial charge in [-0.15, -0.1) is 11.8 Å². The number of rotatable bonds is 6. The molecule has 1 rings (SSSR count). The van der Waals surface area contributed by atoms with Crippen LogP contribution in [0.1, 0.15) is 5.56 Å². The average molecular weight is 224 g/mol. The van der Waals surface area contributed by atoms with E-state index in [0.717, 1.165) is 13.0 Å². The summed E-state index contributed by atoms with van der Waals surface area (Å²) in [5.41, 5.74) is 6.27. The molecule has 0 aliphatic carbocycles. The monoisotopic (exact) mass is 224 g/mol. The molecule has 0 saturated heterocycles. The van der Waals surface area contributed by atoms with Crippen LogP contribution in [0.15, 0.2) is 29.2 Å². The second-order valence-corrected chi connectivity index (χ2v) is 4.12. The van der Waals surface area contributed by atoms with Crippen molar-refractivity contribution in [2.75, 3.05) is 19.3 Å². The standard InChI is InChI=1S/C11H16N2OS/c1-15-10-4-2-9(3-5-10)6-7-13-8-11(12)14/h2-5,13H,6-8H2,1H3,(H2,12,14). The smallest absolute Gasteiger partial charge is 0.231 e. The van der Waals surface area contributed by atoms with E-state index >= 15 is 0 Å². The van der Waals surface area contributed by atoms with E-state index in [1.165, 1.54) is 10.5 Å². The topological polar surface area (TPSA) is 55.1 Å². The Kier molecular flexibility index (Phi) is 5.21. The Bertz CT molecular complexity index is 311. The third-order valence-corrected chi connectivity index (χ3v) is 2.79. The number of primary amides is 1. The third-order valence-electron chi connectivity index (χ3n) is 2.05. The number of thioether (sulfide) groups is 1. The molecule has 0 aliphatic rings. The first kappa shape index (κ1) is 12.1. The van der Waals surface area contributed by atoms with Crippen molar-refractivity contribution in [1.82, 2.24) is 5.32 Å². The summed E-state index contributed by atoms with van der Waals surface area (Å²) in [6.07, 6.45) is 2.98. The summed E-state index contributed by atoms with van der Waals surface area (Å²) in [7, 11) is 0. The van der Waals surface area contributed by atoms with Crippen molar-refractivity contribution in [2.24, 2.45) is 5.73 Å².